The average molecular weight is 244 g/mol. The van der Waals surface area contributed by atoms with E-state index in [1.54, 1.807) is 0 Å². The molecule has 1 aromatic rings. The molecule has 1 heterocycles. The molecule has 1 saturated heterocycles. The highest BCUT2D eigenvalue weighted by molar-refractivity contribution is 5.85. The molecule has 0 saturated carbocycles. The number of rotatable bonds is 2. The quantitative estimate of drug-likeness (QED) is 0.682. The minimum atomic E-state index is -1.19. The molecule has 0 aromatic heterocycles. The van der Waals surface area contributed by atoms with Crippen molar-refractivity contribution in [3.63, 3.8) is 0 Å². The van der Waals surface area contributed by atoms with Gasteiger partial charge in [0.15, 0.2) is 0 Å². The van der Waals surface area contributed by atoms with Crippen molar-refractivity contribution < 1.29 is 15.0 Å². The van der Waals surface area contributed by atoms with Gasteiger partial charge >= 0.3 is 0 Å². The van der Waals surface area contributed by atoms with Crippen molar-refractivity contribution in [2.24, 2.45) is 0 Å². The number of aldehydes is 1. The Bertz CT molecular complexity index is 389. The van der Waals surface area contributed by atoms with Crippen LogP contribution in [0.4, 0.5) is 0 Å². The monoisotopic (exact) mass is 243 g/mol. The molecule has 1 aromatic carbocycles. The number of nitrogens with one attached hydrogen (secondary N) is 1. The number of carbonyl (C=O) groups is 1. The first kappa shape index (κ1) is 13.0. The van der Waals surface area contributed by atoms with E-state index in [0.717, 1.165) is 6.42 Å². The summed E-state index contributed by atoms with van der Waals surface area (Å²) in [6, 6.07) is 4.46. The Morgan fingerprint density at radius 1 is 1.44 bits per heavy atom. The topological polar surface area (TPSA) is 69.6 Å². The molecular weight excluding hydrogens is 230 g/mol. The van der Waals surface area contributed by atoms with Gasteiger partial charge in [0, 0.05) is 11.1 Å². The number of aliphatic hydroxyl groups is 1. The second-order valence-electron chi connectivity index (χ2n) is 3.79. The Morgan fingerprint density at radius 2 is 2.19 bits per heavy atom. The lowest BCUT2D eigenvalue weighted by molar-refractivity contribution is 0.0185. The first-order valence-corrected chi connectivity index (χ1v) is 4.92. The van der Waals surface area contributed by atoms with Gasteiger partial charge < -0.3 is 10.2 Å². The van der Waals surface area contributed by atoms with Gasteiger partial charge in [0.1, 0.15) is 17.8 Å². The number of phenols is 1. The van der Waals surface area contributed by atoms with Crippen molar-refractivity contribution in [2.45, 2.75) is 18.6 Å². The molecule has 2 rings (SSSR count). The zero-order valence-corrected chi connectivity index (χ0v) is 9.46. The van der Waals surface area contributed by atoms with E-state index < -0.39 is 5.72 Å². The first-order valence-electron chi connectivity index (χ1n) is 4.92. The molecule has 3 N–H and O–H groups in total. The summed E-state index contributed by atoms with van der Waals surface area (Å²) in [6.07, 6.45) is 2.09. The summed E-state index contributed by atoms with van der Waals surface area (Å²) in [5, 5.41) is 22.7. The van der Waals surface area contributed by atoms with Crippen molar-refractivity contribution in [3.05, 3.63) is 29.3 Å². The molecule has 1 fully saturated rings. The lowest BCUT2D eigenvalue weighted by Gasteiger charge is -2.24. The predicted molar refractivity (Wildman–Crippen MR) is 61.9 cm³/mol. The second kappa shape index (κ2) is 4.82. The van der Waals surface area contributed by atoms with Crippen LogP contribution in [0.5, 0.6) is 5.75 Å². The Balaban J connectivity index is 0.00000128. The van der Waals surface area contributed by atoms with E-state index in [0.29, 0.717) is 30.4 Å². The predicted octanol–water partition coefficient (Wildman–Crippen LogP) is 1.16. The van der Waals surface area contributed by atoms with E-state index in [1.165, 1.54) is 18.2 Å². The van der Waals surface area contributed by atoms with Crippen LogP contribution in [0.15, 0.2) is 18.2 Å². The molecule has 1 aliphatic rings. The van der Waals surface area contributed by atoms with Gasteiger partial charge in [0.05, 0.1) is 0 Å². The Morgan fingerprint density at radius 3 is 2.75 bits per heavy atom. The molecule has 0 radical (unpaired) electrons. The van der Waals surface area contributed by atoms with E-state index in [2.05, 4.69) is 5.32 Å². The number of carbonyl (C=O) groups excluding carboxylic acids is 1. The number of hydrogen-bond acceptors (Lipinski definition) is 4. The average Bonchev–Trinajstić information content (AvgIpc) is 2.67. The number of aromatic hydroxyl groups is 1. The lowest BCUT2D eigenvalue weighted by atomic mass is 9.98. The lowest BCUT2D eigenvalue weighted by Crippen LogP contribution is -2.36. The van der Waals surface area contributed by atoms with E-state index in [4.69, 9.17) is 0 Å². The third kappa shape index (κ3) is 2.19. The van der Waals surface area contributed by atoms with Gasteiger partial charge in [-0.3, -0.25) is 10.1 Å². The van der Waals surface area contributed by atoms with Gasteiger partial charge in [-0.1, -0.05) is 0 Å². The Kier molecular flexibility index (Phi) is 3.91. The van der Waals surface area contributed by atoms with Crippen LogP contribution in [-0.2, 0) is 5.72 Å². The van der Waals surface area contributed by atoms with Gasteiger partial charge in [0.2, 0.25) is 0 Å². The Labute approximate surface area is 99.7 Å². The second-order valence-corrected chi connectivity index (χ2v) is 3.79. The van der Waals surface area contributed by atoms with Gasteiger partial charge in [-0.25, -0.2) is 0 Å². The molecule has 1 aliphatic heterocycles. The zero-order chi connectivity index (χ0) is 10.9. The molecule has 5 heteroatoms. The highest BCUT2D eigenvalue weighted by atomic mass is 35.5. The van der Waals surface area contributed by atoms with Crippen molar-refractivity contribution >= 4 is 18.7 Å². The molecule has 0 spiro atoms. The minimum Gasteiger partial charge on any atom is -0.508 e. The fourth-order valence-electron chi connectivity index (χ4n) is 1.92. The summed E-state index contributed by atoms with van der Waals surface area (Å²) < 4.78 is 0. The molecule has 1 atom stereocenters. The number of halogens is 1. The molecule has 0 bridgehead atoms. The van der Waals surface area contributed by atoms with Crippen LogP contribution in [0.1, 0.15) is 28.8 Å². The minimum absolute atomic E-state index is 0. The standard InChI is InChI=1S/C11H13NO3.ClH/c13-7-8-2-3-10(14)9(6-8)11(15)4-1-5-12-11;/h2-3,6-7,12,14-15H,1,4-5H2;1H/t11-;/m0./s1. The molecular formula is C11H14ClNO3. The maximum absolute atomic E-state index is 10.6. The van der Waals surface area contributed by atoms with Gasteiger partial charge in [-0.05, 0) is 37.6 Å². The normalized spacial score (nSPS) is 23.8. The largest absolute Gasteiger partial charge is 0.508 e. The van der Waals surface area contributed by atoms with Crippen LogP contribution < -0.4 is 5.32 Å². The van der Waals surface area contributed by atoms with Gasteiger partial charge in [-0.2, -0.15) is 0 Å². The van der Waals surface area contributed by atoms with Gasteiger partial charge in [0.25, 0.3) is 0 Å². The Hall–Kier alpha value is -1.10. The van der Waals surface area contributed by atoms with Crippen molar-refractivity contribution in [2.75, 3.05) is 6.54 Å². The van der Waals surface area contributed by atoms with Crippen LogP contribution in [0.3, 0.4) is 0 Å². The van der Waals surface area contributed by atoms with E-state index >= 15 is 0 Å². The van der Waals surface area contributed by atoms with Crippen molar-refractivity contribution in [1.82, 2.24) is 5.32 Å². The first-order chi connectivity index (χ1) is 7.15. The van der Waals surface area contributed by atoms with Crippen molar-refractivity contribution in [1.29, 1.82) is 0 Å². The number of phenolic OH excluding ortho intramolecular Hbond substituents is 1. The summed E-state index contributed by atoms with van der Waals surface area (Å²) >= 11 is 0. The molecule has 0 aliphatic carbocycles. The summed E-state index contributed by atoms with van der Waals surface area (Å²) in [5.41, 5.74) is -0.363. The van der Waals surface area contributed by atoms with E-state index in [9.17, 15) is 15.0 Å². The van der Waals surface area contributed by atoms with Crippen LogP contribution >= 0.6 is 12.4 Å². The highest BCUT2D eigenvalue weighted by Gasteiger charge is 2.34. The third-order valence-electron chi connectivity index (χ3n) is 2.74. The van der Waals surface area contributed by atoms with E-state index in [1.807, 2.05) is 0 Å². The van der Waals surface area contributed by atoms with Gasteiger partial charge in [-0.15, -0.1) is 12.4 Å². The van der Waals surface area contributed by atoms with Crippen LogP contribution in [0.2, 0.25) is 0 Å². The summed E-state index contributed by atoms with van der Waals surface area (Å²) in [5.74, 6) is 0.0116. The molecule has 88 valence electrons. The smallest absolute Gasteiger partial charge is 0.150 e. The highest BCUT2D eigenvalue weighted by Crippen LogP contribution is 2.34. The summed E-state index contributed by atoms with van der Waals surface area (Å²) in [6.45, 7) is 0.710. The molecule has 4 nitrogen and oxygen atoms in total. The fraction of sp³-hybridized carbons (Fsp3) is 0.364. The maximum atomic E-state index is 10.6. The van der Waals surface area contributed by atoms with Crippen molar-refractivity contribution in [3.8, 4) is 5.75 Å². The number of benzene rings is 1. The molecule has 0 unspecified atom stereocenters. The fourth-order valence-corrected chi connectivity index (χ4v) is 1.92. The summed E-state index contributed by atoms with van der Waals surface area (Å²) in [7, 11) is 0. The zero-order valence-electron chi connectivity index (χ0n) is 8.64. The summed E-state index contributed by atoms with van der Waals surface area (Å²) in [4.78, 5) is 10.6. The molecule has 0 amide bonds. The SMILES string of the molecule is Cl.O=Cc1ccc(O)c([C@@]2(O)CCCN2)c1. The molecule has 16 heavy (non-hydrogen) atoms. The van der Waals surface area contributed by atoms with Crippen LogP contribution in [0.25, 0.3) is 0 Å². The van der Waals surface area contributed by atoms with Crippen LogP contribution in [-0.4, -0.2) is 23.0 Å². The third-order valence-corrected chi connectivity index (χ3v) is 2.74. The van der Waals surface area contributed by atoms with E-state index in [-0.39, 0.29) is 18.2 Å². The number of hydrogen-bond donors (Lipinski definition) is 3. The maximum Gasteiger partial charge on any atom is 0.150 e. The van der Waals surface area contributed by atoms with Crippen LogP contribution in [0, 0.1) is 0 Å².